The molecule has 0 radical (unpaired) electrons. The van der Waals surface area contributed by atoms with Gasteiger partial charge < -0.3 is 4.74 Å². The van der Waals surface area contributed by atoms with E-state index in [4.69, 9.17) is 16.3 Å². The Morgan fingerprint density at radius 1 is 0.882 bits per heavy atom. The van der Waals surface area contributed by atoms with Crippen LogP contribution in [0.2, 0.25) is 5.02 Å². The Morgan fingerprint density at radius 3 is 2.24 bits per heavy atom. The molecule has 1 saturated heterocycles. The van der Waals surface area contributed by atoms with Crippen molar-refractivity contribution in [1.29, 1.82) is 0 Å². The number of ether oxygens (including phenoxy) is 1. The van der Waals surface area contributed by atoms with E-state index in [1.165, 1.54) is 6.08 Å². The molecule has 0 aromatic heterocycles. The molecule has 0 atom stereocenters. The lowest BCUT2D eigenvalue weighted by atomic mass is 10.1. The summed E-state index contributed by atoms with van der Waals surface area (Å²) in [6.45, 7) is 6.23. The van der Waals surface area contributed by atoms with Gasteiger partial charge in [0, 0.05) is 10.6 Å². The molecule has 1 aliphatic rings. The standard InChI is InChI=1S/C27H23ClN2O4/c1-16-4-7-22(8-5-16)30-26(32)23(25(31)29-27(30)33)14-20-13-21(28)6-9-24(20)34-15-19-11-17(2)10-18(3)12-19/h4-14H,15H2,1-3H3,(H,29,31,33)/b23-14+. The Morgan fingerprint density at radius 2 is 1.56 bits per heavy atom. The van der Waals surface area contributed by atoms with Crippen LogP contribution in [0.25, 0.3) is 6.08 Å². The zero-order valence-electron chi connectivity index (χ0n) is 19.0. The first-order chi connectivity index (χ1) is 16.2. The number of nitrogens with one attached hydrogen (secondary N) is 1. The number of carbonyl (C=O) groups excluding carboxylic acids is 3. The summed E-state index contributed by atoms with van der Waals surface area (Å²) in [7, 11) is 0. The highest BCUT2D eigenvalue weighted by molar-refractivity contribution is 6.39. The minimum absolute atomic E-state index is 0.196. The first kappa shape index (κ1) is 23.3. The molecule has 1 aliphatic heterocycles. The monoisotopic (exact) mass is 474 g/mol. The number of nitrogens with zero attached hydrogens (tertiary/aromatic N) is 1. The molecule has 7 heteroatoms. The van der Waals surface area contributed by atoms with Crippen LogP contribution in [-0.2, 0) is 16.2 Å². The van der Waals surface area contributed by atoms with Crippen LogP contribution in [0, 0.1) is 20.8 Å². The highest BCUT2D eigenvalue weighted by atomic mass is 35.5. The molecule has 34 heavy (non-hydrogen) atoms. The molecule has 6 nitrogen and oxygen atoms in total. The molecule has 0 spiro atoms. The van der Waals surface area contributed by atoms with Gasteiger partial charge in [0.15, 0.2) is 0 Å². The van der Waals surface area contributed by atoms with Crippen LogP contribution in [0.5, 0.6) is 5.75 Å². The summed E-state index contributed by atoms with van der Waals surface area (Å²) in [6.07, 6.45) is 1.40. The maximum Gasteiger partial charge on any atom is 0.335 e. The molecule has 0 bridgehead atoms. The van der Waals surface area contributed by atoms with E-state index in [1.807, 2.05) is 32.9 Å². The number of hydrogen-bond acceptors (Lipinski definition) is 4. The van der Waals surface area contributed by atoms with Gasteiger partial charge in [-0.25, -0.2) is 9.69 Å². The number of halogens is 1. The predicted molar refractivity (Wildman–Crippen MR) is 132 cm³/mol. The van der Waals surface area contributed by atoms with Crippen LogP contribution in [0.1, 0.15) is 27.8 Å². The number of urea groups is 1. The molecule has 0 saturated carbocycles. The van der Waals surface area contributed by atoms with E-state index in [0.717, 1.165) is 27.2 Å². The molecule has 1 N–H and O–H groups in total. The Balaban J connectivity index is 1.67. The maximum absolute atomic E-state index is 13.2. The Bertz CT molecular complexity index is 1310. The van der Waals surface area contributed by atoms with Gasteiger partial charge in [-0.2, -0.15) is 0 Å². The number of anilines is 1. The summed E-state index contributed by atoms with van der Waals surface area (Å²) < 4.78 is 6.02. The van der Waals surface area contributed by atoms with Crippen LogP contribution in [0.4, 0.5) is 10.5 Å². The van der Waals surface area contributed by atoms with Gasteiger partial charge in [-0.15, -0.1) is 0 Å². The Kier molecular flexibility index (Phi) is 6.52. The number of rotatable bonds is 5. The van der Waals surface area contributed by atoms with Crippen molar-refractivity contribution < 1.29 is 19.1 Å². The van der Waals surface area contributed by atoms with Gasteiger partial charge in [-0.3, -0.25) is 14.9 Å². The first-order valence-electron chi connectivity index (χ1n) is 10.7. The lowest BCUT2D eigenvalue weighted by Gasteiger charge is -2.26. The van der Waals surface area contributed by atoms with Gasteiger partial charge in [-0.1, -0.05) is 58.6 Å². The molecular weight excluding hydrogens is 452 g/mol. The predicted octanol–water partition coefficient (Wildman–Crippen LogP) is 5.51. The molecule has 1 fully saturated rings. The summed E-state index contributed by atoms with van der Waals surface area (Å²) in [6, 6.07) is 17.2. The van der Waals surface area contributed by atoms with Gasteiger partial charge >= 0.3 is 6.03 Å². The molecule has 3 aromatic rings. The number of hydrogen-bond donors (Lipinski definition) is 1. The van der Waals surface area contributed by atoms with Crippen molar-refractivity contribution in [2.45, 2.75) is 27.4 Å². The van der Waals surface area contributed by atoms with Gasteiger partial charge in [0.05, 0.1) is 5.69 Å². The smallest absolute Gasteiger partial charge is 0.335 e. The Labute approximate surface area is 202 Å². The van der Waals surface area contributed by atoms with Gasteiger partial charge in [-0.05, 0) is 62.7 Å². The van der Waals surface area contributed by atoms with E-state index in [1.54, 1.807) is 42.5 Å². The summed E-state index contributed by atoms with van der Waals surface area (Å²) in [5.41, 5.74) is 4.85. The second-order valence-corrected chi connectivity index (χ2v) is 8.70. The fourth-order valence-electron chi connectivity index (χ4n) is 3.82. The summed E-state index contributed by atoms with van der Waals surface area (Å²) >= 11 is 6.19. The van der Waals surface area contributed by atoms with Crippen LogP contribution >= 0.6 is 11.6 Å². The van der Waals surface area contributed by atoms with Crippen molar-refractivity contribution in [1.82, 2.24) is 5.32 Å². The summed E-state index contributed by atoms with van der Waals surface area (Å²) in [5, 5.41) is 2.65. The van der Waals surface area contributed by atoms with E-state index in [-0.39, 0.29) is 5.57 Å². The normalized spacial score (nSPS) is 15.0. The van der Waals surface area contributed by atoms with Crippen molar-refractivity contribution >= 4 is 41.2 Å². The molecule has 172 valence electrons. The summed E-state index contributed by atoms with van der Waals surface area (Å²) in [4.78, 5) is 39.1. The van der Waals surface area contributed by atoms with Crippen LogP contribution in [-0.4, -0.2) is 17.8 Å². The zero-order valence-corrected chi connectivity index (χ0v) is 19.8. The minimum atomic E-state index is -0.798. The summed E-state index contributed by atoms with van der Waals surface area (Å²) in [5.74, 6) is -1.05. The topological polar surface area (TPSA) is 75.7 Å². The van der Waals surface area contributed by atoms with Gasteiger partial charge in [0.1, 0.15) is 17.9 Å². The number of benzene rings is 3. The highest BCUT2D eigenvalue weighted by Crippen LogP contribution is 2.29. The zero-order chi connectivity index (χ0) is 24.4. The van der Waals surface area contributed by atoms with E-state index in [0.29, 0.717) is 28.6 Å². The molecule has 0 unspecified atom stereocenters. The largest absolute Gasteiger partial charge is 0.488 e. The quantitative estimate of drug-likeness (QED) is 0.390. The third-order valence-corrected chi connectivity index (χ3v) is 5.58. The fourth-order valence-corrected chi connectivity index (χ4v) is 4.00. The number of carbonyl (C=O) groups is 3. The molecule has 1 heterocycles. The minimum Gasteiger partial charge on any atom is -0.488 e. The lowest BCUT2D eigenvalue weighted by molar-refractivity contribution is -0.122. The van der Waals surface area contributed by atoms with Gasteiger partial charge in [0.25, 0.3) is 11.8 Å². The van der Waals surface area contributed by atoms with Crippen molar-refractivity contribution in [2.24, 2.45) is 0 Å². The molecule has 4 amide bonds. The highest BCUT2D eigenvalue weighted by Gasteiger charge is 2.37. The average Bonchev–Trinajstić information content (AvgIpc) is 2.76. The van der Waals surface area contributed by atoms with Crippen molar-refractivity contribution in [3.05, 3.63) is 99.1 Å². The van der Waals surface area contributed by atoms with E-state index < -0.39 is 17.8 Å². The van der Waals surface area contributed by atoms with Crippen LogP contribution in [0.3, 0.4) is 0 Å². The third-order valence-electron chi connectivity index (χ3n) is 5.34. The number of amides is 4. The fraction of sp³-hybridized carbons (Fsp3) is 0.148. The SMILES string of the molecule is Cc1ccc(N2C(=O)NC(=O)/C(=C\c3cc(Cl)ccc3OCc3cc(C)cc(C)c3)C2=O)cc1. The Hall–Kier alpha value is -3.90. The molecule has 3 aromatic carbocycles. The average molecular weight is 475 g/mol. The van der Waals surface area contributed by atoms with Crippen LogP contribution in [0.15, 0.2) is 66.2 Å². The number of barbiturate groups is 1. The number of imide groups is 2. The maximum atomic E-state index is 13.2. The van der Waals surface area contributed by atoms with E-state index in [2.05, 4.69) is 11.4 Å². The second-order valence-electron chi connectivity index (χ2n) is 8.26. The van der Waals surface area contributed by atoms with E-state index in [9.17, 15) is 14.4 Å². The van der Waals surface area contributed by atoms with E-state index >= 15 is 0 Å². The van der Waals surface area contributed by atoms with Crippen molar-refractivity contribution in [3.63, 3.8) is 0 Å². The first-order valence-corrected chi connectivity index (χ1v) is 11.1. The lowest BCUT2D eigenvalue weighted by Crippen LogP contribution is -2.54. The van der Waals surface area contributed by atoms with Crippen molar-refractivity contribution in [3.8, 4) is 5.75 Å². The third kappa shape index (κ3) is 5.02. The number of aryl methyl sites for hydroxylation is 3. The molecule has 0 aliphatic carbocycles. The molecular formula is C27H23ClN2O4. The van der Waals surface area contributed by atoms with Gasteiger partial charge in [0.2, 0.25) is 0 Å². The van der Waals surface area contributed by atoms with Crippen LogP contribution < -0.4 is 15.0 Å². The molecule has 4 rings (SSSR count). The van der Waals surface area contributed by atoms with Crippen molar-refractivity contribution in [2.75, 3.05) is 4.90 Å². The second kappa shape index (κ2) is 9.53.